The Hall–Kier alpha value is -3.45. The van der Waals surface area contributed by atoms with E-state index in [0.29, 0.717) is 24.5 Å². The number of carbonyl (C=O) groups excluding carboxylic acids is 1. The molecule has 31 heavy (non-hydrogen) atoms. The number of methoxy groups -OCH3 is 1. The molecule has 0 aliphatic rings. The highest BCUT2D eigenvalue weighted by molar-refractivity contribution is 7.09. The monoisotopic (exact) mass is 432 g/mol. The molecular formula is C24H24N4O2S. The molecule has 7 heteroatoms. The summed E-state index contributed by atoms with van der Waals surface area (Å²) >= 11 is 1.64. The van der Waals surface area contributed by atoms with E-state index >= 15 is 0 Å². The first-order chi connectivity index (χ1) is 15.0. The summed E-state index contributed by atoms with van der Waals surface area (Å²) in [6.07, 6.45) is 1.62. The fourth-order valence-electron chi connectivity index (χ4n) is 3.51. The first-order valence-electron chi connectivity index (χ1n) is 9.98. The van der Waals surface area contributed by atoms with Crippen molar-refractivity contribution in [2.75, 3.05) is 7.11 Å². The van der Waals surface area contributed by atoms with Crippen LogP contribution >= 0.6 is 11.3 Å². The lowest BCUT2D eigenvalue weighted by Gasteiger charge is -2.23. The summed E-state index contributed by atoms with van der Waals surface area (Å²) in [7, 11) is 1.64. The fourth-order valence-corrected chi connectivity index (χ4v) is 4.23. The number of thiophene rings is 1. The van der Waals surface area contributed by atoms with Gasteiger partial charge in [-0.1, -0.05) is 24.3 Å². The lowest BCUT2D eigenvalue weighted by Crippen LogP contribution is -2.30. The second-order valence-electron chi connectivity index (χ2n) is 7.30. The molecule has 0 saturated carbocycles. The van der Waals surface area contributed by atoms with Gasteiger partial charge in [0.05, 0.1) is 31.5 Å². The molecule has 3 aromatic heterocycles. The summed E-state index contributed by atoms with van der Waals surface area (Å²) in [5.41, 5.74) is 3.43. The Kier molecular flexibility index (Phi) is 6.13. The third-order valence-electron chi connectivity index (χ3n) is 4.99. The molecule has 0 spiro atoms. The highest BCUT2D eigenvalue weighted by atomic mass is 32.1. The van der Waals surface area contributed by atoms with Crippen molar-refractivity contribution in [2.24, 2.45) is 0 Å². The van der Waals surface area contributed by atoms with Crippen LogP contribution in [0.2, 0.25) is 0 Å². The van der Waals surface area contributed by atoms with E-state index in [4.69, 9.17) is 4.74 Å². The molecule has 4 aromatic rings. The number of pyridine rings is 1. The van der Waals surface area contributed by atoms with E-state index in [2.05, 4.69) is 10.1 Å². The molecule has 6 nitrogen and oxygen atoms in total. The van der Waals surface area contributed by atoms with Crippen molar-refractivity contribution in [3.63, 3.8) is 0 Å². The molecule has 158 valence electrons. The van der Waals surface area contributed by atoms with Crippen LogP contribution in [0.5, 0.6) is 5.75 Å². The largest absolute Gasteiger partial charge is 0.496 e. The van der Waals surface area contributed by atoms with Crippen LogP contribution < -0.4 is 4.74 Å². The second-order valence-corrected chi connectivity index (χ2v) is 8.33. The molecule has 0 saturated heterocycles. The van der Waals surface area contributed by atoms with Crippen LogP contribution in [0.25, 0.3) is 5.82 Å². The summed E-state index contributed by atoms with van der Waals surface area (Å²) in [5, 5.41) is 6.48. The topological polar surface area (TPSA) is 60.2 Å². The van der Waals surface area contributed by atoms with E-state index in [1.54, 1.807) is 29.3 Å². The highest BCUT2D eigenvalue weighted by Gasteiger charge is 2.19. The van der Waals surface area contributed by atoms with Crippen LogP contribution in [0.4, 0.5) is 0 Å². The van der Waals surface area contributed by atoms with Gasteiger partial charge in [0.25, 0.3) is 5.91 Å². The van der Waals surface area contributed by atoms with E-state index in [1.165, 1.54) is 0 Å². The zero-order valence-corrected chi connectivity index (χ0v) is 18.6. The van der Waals surface area contributed by atoms with Gasteiger partial charge in [-0.2, -0.15) is 5.10 Å². The Labute approximate surface area is 185 Å². The fraction of sp³-hybridized carbons (Fsp3) is 0.208. The van der Waals surface area contributed by atoms with E-state index < -0.39 is 0 Å². The van der Waals surface area contributed by atoms with Crippen molar-refractivity contribution in [2.45, 2.75) is 26.9 Å². The van der Waals surface area contributed by atoms with Gasteiger partial charge in [-0.15, -0.1) is 11.3 Å². The third-order valence-corrected chi connectivity index (χ3v) is 5.85. The summed E-state index contributed by atoms with van der Waals surface area (Å²) in [4.78, 5) is 20.9. The number of rotatable bonds is 7. The highest BCUT2D eigenvalue weighted by Crippen LogP contribution is 2.23. The summed E-state index contributed by atoms with van der Waals surface area (Å²) in [6, 6.07) is 17.5. The van der Waals surface area contributed by atoms with Crippen LogP contribution in [0, 0.1) is 13.8 Å². The Balaban J connectivity index is 1.61. The number of carbonyl (C=O) groups is 1. The summed E-state index contributed by atoms with van der Waals surface area (Å²) < 4.78 is 7.27. The Bertz CT molecular complexity index is 1170. The molecule has 1 amide bonds. The molecule has 0 aliphatic carbocycles. The molecule has 0 unspecified atom stereocenters. The van der Waals surface area contributed by atoms with E-state index in [-0.39, 0.29) is 5.91 Å². The molecule has 0 radical (unpaired) electrons. The van der Waals surface area contributed by atoms with E-state index in [9.17, 15) is 4.79 Å². The number of aromatic nitrogens is 3. The normalized spacial score (nSPS) is 10.8. The molecule has 3 heterocycles. The zero-order valence-electron chi connectivity index (χ0n) is 17.8. The van der Waals surface area contributed by atoms with Crippen molar-refractivity contribution in [3.8, 4) is 11.6 Å². The molecule has 0 atom stereocenters. The van der Waals surface area contributed by atoms with Gasteiger partial charge in [-0.3, -0.25) is 4.79 Å². The number of benzene rings is 1. The van der Waals surface area contributed by atoms with Crippen LogP contribution in [0.15, 0.2) is 66.2 Å². The Morgan fingerprint density at radius 3 is 2.58 bits per heavy atom. The lowest BCUT2D eigenvalue weighted by atomic mass is 10.1. The predicted molar refractivity (Wildman–Crippen MR) is 122 cm³/mol. The van der Waals surface area contributed by atoms with Gasteiger partial charge in [-0.25, -0.2) is 9.67 Å². The molecule has 1 aromatic carbocycles. The maximum absolute atomic E-state index is 13.4. The van der Waals surface area contributed by atoms with Gasteiger partial charge >= 0.3 is 0 Å². The second kappa shape index (κ2) is 9.14. The molecule has 0 aliphatic heterocycles. The number of hydrogen-bond donors (Lipinski definition) is 0. The molecule has 0 fully saturated rings. The van der Waals surface area contributed by atoms with E-state index in [1.807, 2.05) is 78.7 Å². The van der Waals surface area contributed by atoms with Gasteiger partial charge in [0.1, 0.15) is 5.75 Å². The Morgan fingerprint density at radius 1 is 1.10 bits per heavy atom. The minimum atomic E-state index is -0.0771. The molecule has 0 bridgehead atoms. The smallest absolute Gasteiger partial charge is 0.256 e. The van der Waals surface area contributed by atoms with Crippen molar-refractivity contribution >= 4 is 17.2 Å². The maximum Gasteiger partial charge on any atom is 0.256 e. The number of nitrogens with zero attached hydrogens (tertiary/aromatic N) is 4. The van der Waals surface area contributed by atoms with Gasteiger partial charge in [0, 0.05) is 22.3 Å². The summed E-state index contributed by atoms with van der Waals surface area (Å²) in [5.74, 6) is 1.38. The van der Waals surface area contributed by atoms with Crippen LogP contribution in [0.3, 0.4) is 0 Å². The predicted octanol–water partition coefficient (Wildman–Crippen LogP) is 4.80. The van der Waals surface area contributed by atoms with Gasteiger partial charge in [0.15, 0.2) is 5.82 Å². The molecule has 0 N–H and O–H groups in total. The molecular weight excluding hydrogens is 408 g/mol. The third kappa shape index (κ3) is 4.67. The minimum absolute atomic E-state index is 0.0771. The average molecular weight is 433 g/mol. The number of hydrogen-bond acceptors (Lipinski definition) is 5. The standard InChI is InChI=1S/C24H24N4O2S/c1-17-13-18(2)28(26-17)23-11-10-19(14-25-23)24(29)27(16-21-8-6-12-31-21)15-20-7-4-5-9-22(20)30-3/h4-14H,15-16H2,1-3H3. The van der Waals surface area contributed by atoms with Crippen molar-refractivity contribution in [3.05, 3.63) is 93.6 Å². The SMILES string of the molecule is COc1ccccc1CN(Cc1cccs1)C(=O)c1ccc(-n2nc(C)cc2C)nc1. The number of aryl methyl sites for hydroxylation is 2. The Morgan fingerprint density at radius 2 is 1.94 bits per heavy atom. The number of amides is 1. The van der Waals surface area contributed by atoms with Crippen molar-refractivity contribution in [1.29, 1.82) is 0 Å². The quantitative estimate of drug-likeness (QED) is 0.421. The average Bonchev–Trinajstić information content (AvgIpc) is 3.42. The first-order valence-corrected chi connectivity index (χ1v) is 10.9. The zero-order chi connectivity index (χ0) is 21.8. The maximum atomic E-state index is 13.4. The van der Waals surface area contributed by atoms with Crippen LogP contribution in [0.1, 0.15) is 32.2 Å². The van der Waals surface area contributed by atoms with Gasteiger partial charge < -0.3 is 9.64 Å². The van der Waals surface area contributed by atoms with E-state index in [0.717, 1.165) is 27.6 Å². The lowest BCUT2D eigenvalue weighted by molar-refractivity contribution is 0.0730. The van der Waals surface area contributed by atoms with Crippen molar-refractivity contribution in [1.82, 2.24) is 19.7 Å². The number of para-hydroxylation sites is 1. The van der Waals surface area contributed by atoms with Gasteiger partial charge in [0.2, 0.25) is 0 Å². The number of ether oxygens (including phenoxy) is 1. The minimum Gasteiger partial charge on any atom is -0.496 e. The summed E-state index contributed by atoms with van der Waals surface area (Å²) in [6.45, 7) is 4.90. The first kappa shape index (κ1) is 20.8. The van der Waals surface area contributed by atoms with Crippen molar-refractivity contribution < 1.29 is 9.53 Å². The molecule has 4 rings (SSSR count). The van der Waals surface area contributed by atoms with Gasteiger partial charge in [-0.05, 0) is 49.6 Å². The van der Waals surface area contributed by atoms with Crippen LogP contribution in [-0.2, 0) is 13.1 Å². The van der Waals surface area contributed by atoms with Crippen LogP contribution in [-0.4, -0.2) is 32.7 Å².